The van der Waals surface area contributed by atoms with E-state index in [1.165, 1.54) is 12.1 Å². The van der Waals surface area contributed by atoms with Gasteiger partial charge in [-0.25, -0.2) is 4.39 Å². The number of carbonyl (C=O) groups excluding carboxylic acids is 1. The number of piperazine rings is 1. The van der Waals surface area contributed by atoms with Crippen molar-refractivity contribution in [3.05, 3.63) is 59.9 Å². The Morgan fingerprint density at radius 1 is 1.00 bits per heavy atom. The third-order valence-corrected chi connectivity index (χ3v) is 5.22. The number of hydrogen-bond acceptors (Lipinski definition) is 3. The zero-order chi connectivity index (χ0) is 17.4. The van der Waals surface area contributed by atoms with Crippen LogP contribution in [0.25, 0.3) is 0 Å². The first-order valence-electron chi connectivity index (χ1n) is 8.70. The number of carbonyl (C=O) groups is 1. The Kier molecular flexibility index (Phi) is 4.07. The number of hydrogen-bond donors (Lipinski definition) is 1. The summed E-state index contributed by atoms with van der Waals surface area (Å²) in [5.74, 6) is 0.492. The highest BCUT2D eigenvalue weighted by atomic mass is 19.1. The van der Waals surface area contributed by atoms with Crippen LogP contribution in [-0.2, 0) is 4.79 Å². The van der Waals surface area contributed by atoms with E-state index in [1.807, 2.05) is 17.0 Å². The van der Waals surface area contributed by atoms with Crippen LogP contribution < -0.4 is 4.90 Å². The number of rotatable bonds is 3. The van der Waals surface area contributed by atoms with Gasteiger partial charge in [-0.15, -0.1) is 0 Å². The van der Waals surface area contributed by atoms with E-state index in [0.717, 1.165) is 30.8 Å². The molecular formula is C20H21FN2O2. The molecule has 2 fully saturated rings. The Bertz CT molecular complexity index is 770. The molecule has 130 valence electrons. The third-order valence-electron chi connectivity index (χ3n) is 5.22. The summed E-state index contributed by atoms with van der Waals surface area (Å²) in [6.07, 6.45) is 0.851. The van der Waals surface area contributed by atoms with E-state index in [0.29, 0.717) is 13.1 Å². The predicted octanol–water partition coefficient (Wildman–Crippen LogP) is 2.98. The van der Waals surface area contributed by atoms with Crippen molar-refractivity contribution < 1.29 is 14.3 Å². The first kappa shape index (κ1) is 15.9. The zero-order valence-electron chi connectivity index (χ0n) is 13.9. The second-order valence-electron chi connectivity index (χ2n) is 6.80. The number of nitrogens with zero attached hydrogens (tertiary/aromatic N) is 2. The maximum atomic E-state index is 13.0. The van der Waals surface area contributed by atoms with Crippen molar-refractivity contribution in [2.45, 2.75) is 12.3 Å². The minimum Gasteiger partial charge on any atom is -0.506 e. The van der Waals surface area contributed by atoms with Crippen molar-refractivity contribution in [1.29, 1.82) is 0 Å². The summed E-state index contributed by atoms with van der Waals surface area (Å²) in [6, 6.07) is 13.8. The van der Waals surface area contributed by atoms with Crippen LogP contribution in [0.5, 0.6) is 5.75 Å². The zero-order valence-corrected chi connectivity index (χ0v) is 13.9. The quantitative estimate of drug-likeness (QED) is 0.934. The molecule has 2 aliphatic rings. The molecule has 4 rings (SSSR count). The number of anilines is 1. The standard InChI is InChI=1S/C20H21FN2O2/c21-15-7-5-14(6-8-15)16-13-17(16)20(25)23-11-9-22(10-12-23)18-3-1-2-4-19(18)24/h1-8,16-17,24H,9-13H2. The van der Waals surface area contributed by atoms with Crippen LogP contribution in [0.1, 0.15) is 17.9 Å². The van der Waals surface area contributed by atoms with Crippen LogP contribution in [0.3, 0.4) is 0 Å². The number of benzene rings is 2. The first-order chi connectivity index (χ1) is 12.1. The van der Waals surface area contributed by atoms with Gasteiger partial charge in [-0.1, -0.05) is 24.3 Å². The smallest absolute Gasteiger partial charge is 0.226 e. The highest BCUT2D eigenvalue weighted by Crippen LogP contribution is 2.48. The minimum atomic E-state index is -0.243. The summed E-state index contributed by atoms with van der Waals surface area (Å²) in [5, 5.41) is 9.97. The Hall–Kier alpha value is -2.56. The molecule has 5 heteroatoms. The molecule has 2 unspecified atom stereocenters. The largest absolute Gasteiger partial charge is 0.506 e. The summed E-state index contributed by atoms with van der Waals surface area (Å²) >= 11 is 0. The Labute approximate surface area is 146 Å². The van der Waals surface area contributed by atoms with Gasteiger partial charge in [0.1, 0.15) is 11.6 Å². The fourth-order valence-corrected chi connectivity index (χ4v) is 3.68. The van der Waals surface area contributed by atoms with Gasteiger partial charge in [0.2, 0.25) is 5.91 Å². The van der Waals surface area contributed by atoms with Crippen LogP contribution in [0.4, 0.5) is 10.1 Å². The molecule has 1 saturated carbocycles. The Morgan fingerprint density at radius 3 is 2.36 bits per heavy atom. The summed E-state index contributed by atoms with van der Waals surface area (Å²) in [6.45, 7) is 2.77. The topological polar surface area (TPSA) is 43.8 Å². The van der Waals surface area contributed by atoms with Crippen molar-refractivity contribution in [2.24, 2.45) is 5.92 Å². The molecule has 25 heavy (non-hydrogen) atoms. The number of halogens is 1. The molecular weight excluding hydrogens is 319 g/mol. The van der Waals surface area contributed by atoms with Gasteiger partial charge < -0.3 is 14.9 Å². The van der Waals surface area contributed by atoms with Gasteiger partial charge in [-0.2, -0.15) is 0 Å². The normalized spacial score (nSPS) is 22.8. The molecule has 0 spiro atoms. The number of phenols is 1. The second kappa shape index (κ2) is 6.39. The number of para-hydroxylation sites is 2. The minimum absolute atomic E-state index is 0.0298. The maximum Gasteiger partial charge on any atom is 0.226 e. The molecule has 4 nitrogen and oxygen atoms in total. The van der Waals surface area contributed by atoms with Gasteiger partial charge in [0.25, 0.3) is 0 Å². The number of amides is 1. The summed E-state index contributed by atoms with van der Waals surface area (Å²) in [4.78, 5) is 16.7. The fourth-order valence-electron chi connectivity index (χ4n) is 3.68. The molecule has 0 aromatic heterocycles. The molecule has 1 amide bonds. The average molecular weight is 340 g/mol. The third kappa shape index (κ3) is 3.18. The highest BCUT2D eigenvalue weighted by molar-refractivity contribution is 5.83. The predicted molar refractivity (Wildman–Crippen MR) is 94.1 cm³/mol. The van der Waals surface area contributed by atoms with Gasteiger partial charge in [0.05, 0.1) is 5.69 Å². The molecule has 1 saturated heterocycles. The molecule has 1 aliphatic carbocycles. The summed E-state index contributed by atoms with van der Waals surface area (Å²) in [7, 11) is 0. The molecule has 0 radical (unpaired) electrons. The van der Waals surface area contributed by atoms with Crippen molar-refractivity contribution >= 4 is 11.6 Å². The lowest BCUT2D eigenvalue weighted by Gasteiger charge is -2.36. The molecule has 1 N–H and O–H groups in total. The van der Waals surface area contributed by atoms with Crippen molar-refractivity contribution in [3.8, 4) is 5.75 Å². The van der Waals surface area contributed by atoms with Crippen LogP contribution in [0.2, 0.25) is 0 Å². The lowest BCUT2D eigenvalue weighted by atomic mass is 10.1. The molecule has 2 aromatic carbocycles. The van der Waals surface area contributed by atoms with E-state index in [4.69, 9.17) is 0 Å². The first-order valence-corrected chi connectivity index (χ1v) is 8.70. The van der Waals surface area contributed by atoms with Crippen molar-refractivity contribution in [2.75, 3.05) is 31.1 Å². The van der Waals surface area contributed by atoms with Gasteiger partial charge >= 0.3 is 0 Å². The van der Waals surface area contributed by atoms with Crippen molar-refractivity contribution in [1.82, 2.24) is 4.90 Å². The van der Waals surface area contributed by atoms with Gasteiger partial charge in [0, 0.05) is 32.1 Å². The number of aromatic hydroxyl groups is 1. The fraction of sp³-hybridized carbons (Fsp3) is 0.350. The van der Waals surface area contributed by atoms with Crippen LogP contribution >= 0.6 is 0 Å². The van der Waals surface area contributed by atoms with E-state index in [-0.39, 0.29) is 29.3 Å². The molecule has 1 aliphatic heterocycles. The lowest BCUT2D eigenvalue weighted by molar-refractivity contribution is -0.132. The maximum absolute atomic E-state index is 13.0. The number of phenolic OH excluding ortho intramolecular Hbond substituents is 1. The monoisotopic (exact) mass is 340 g/mol. The average Bonchev–Trinajstić information content (AvgIpc) is 3.43. The van der Waals surface area contributed by atoms with Gasteiger partial charge in [-0.3, -0.25) is 4.79 Å². The van der Waals surface area contributed by atoms with Gasteiger partial charge in [0.15, 0.2) is 0 Å². The summed E-state index contributed by atoms with van der Waals surface area (Å²) in [5.41, 5.74) is 1.87. The van der Waals surface area contributed by atoms with Crippen LogP contribution in [0, 0.1) is 11.7 Å². The molecule has 2 aromatic rings. The SMILES string of the molecule is O=C(C1CC1c1ccc(F)cc1)N1CCN(c2ccccc2O)CC1. The molecule has 1 heterocycles. The highest BCUT2D eigenvalue weighted by Gasteiger charge is 2.46. The van der Waals surface area contributed by atoms with E-state index in [1.54, 1.807) is 24.3 Å². The molecule has 0 bridgehead atoms. The van der Waals surface area contributed by atoms with Crippen molar-refractivity contribution in [3.63, 3.8) is 0 Å². The second-order valence-corrected chi connectivity index (χ2v) is 6.80. The van der Waals surface area contributed by atoms with E-state index in [2.05, 4.69) is 4.90 Å². The molecule has 2 atom stereocenters. The van der Waals surface area contributed by atoms with E-state index < -0.39 is 0 Å². The van der Waals surface area contributed by atoms with E-state index in [9.17, 15) is 14.3 Å². The van der Waals surface area contributed by atoms with Gasteiger partial charge in [-0.05, 0) is 42.2 Å². The van der Waals surface area contributed by atoms with Crippen LogP contribution in [0.15, 0.2) is 48.5 Å². The van der Waals surface area contributed by atoms with E-state index >= 15 is 0 Å². The Balaban J connectivity index is 1.35. The summed E-state index contributed by atoms with van der Waals surface area (Å²) < 4.78 is 13.0. The lowest BCUT2D eigenvalue weighted by Crippen LogP contribution is -2.49. The van der Waals surface area contributed by atoms with Crippen LogP contribution in [-0.4, -0.2) is 42.1 Å². The Morgan fingerprint density at radius 2 is 1.68 bits per heavy atom.